The van der Waals surface area contributed by atoms with E-state index < -0.39 is 0 Å². The second-order valence-corrected chi connectivity index (χ2v) is 12.0. The summed E-state index contributed by atoms with van der Waals surface area (Å²) in [5.74, 6) is 1.89. The zero-order chi connectivity index (χ0) is 32.6. The van der Waals surface area contributed by atoms with Crippen LogP contribution in [-0.2, 0) is 9.59 Å². The fourth-order valence-corrected chi connectivity index (χ4v) is 4.70. The Hall–Kier alpha value is -3.73. The van der Waals surface area contributed by atoms with Crippen LogP contribution in [0.4, 0.5) is 16.4 Å². The van der Waals surface area contributed by atoms with Crippen molar-refractivity contribution in [3.63, 3.8) is 0 Å². The number of nitrogen functional groups attached to an aromatic ring is 1. The Kier molecular flexibility index (Phi) is 15.6. The second-order valence-electron chi connectivity index (χ2n) is 12.0. The van der Waals surface area contributed by atoms with Gasteiger partial charge in [0.1, 0.15) is 11.6 Å². The standard InChI is InChI=1S/C17H26N4O2.C10H20N2O.C6H8N2/c1-4-13(3)16(22)21-9-7-14(8-10-21)19-17(23)20-15-6-5-12(2)11-18-15;1-3-8(2)10(13)12-6-4-9(11)5-7-12;1-5-2-3-6(7)8-4-5/h5-6,11,13-14H,4,7-10H2,1-3H3,(H2,18,19,20,23);8-9H,3-7,11H2,1-2H3;2-4H,1H3,(H2,7,8)/t13-;8-;/m00./s1. The summed E-state index contributed by atoms with van der Waals surface area (Å²) < 4.78 is 0. The fourth-order valence-electron chi connectivity index (χ4n) is 4.70. The van der Waals surface area contributed by atoms with Crippen molar-refractivity contribution in [3.8, 4) is 0 Å². The van der Waals surface area contributed by atoms with Crippen LogP contribution in [0.3, 0.4) is 0 Å². The maximum atomic E-state index is 12.1. The van der Waals surface area contributed by atoms with Gasteiger partial charge in [-0.3, -0.25) is 14.9 Å². The minimum Gasteiger partial charge on any atom is -0.384 e. The van der Waals surface area contributed by atoms with Crippen molar-refractivity contribution in [2.75, 3.05) is 37.2 Å². The van der Waals surface area contributed by atoms with Crippen LogP contribution in [0.15, 0.2) is 36.7 Å². The van der Waals surface area contributed by atoms with E-state index in [0.29, 0.717) is 36.7 Å². The summed E-state index contributed by atoms with van der Waals surface area (Å²) in [6, 6.07) is 7.57. The van der Waals surface area contributed by atoms with E-state index >= 15 is 0 Å². The van der Waals surface area contributed by atoms with E-state index in [1.165, 1.54) is 0 Å². The average molecular weight is 611 g/mol. The number of nitrogens with zero attached hydrogens (tertiary/aromatic N) is 4. The third-order valence-electron chi connectivity index (χ3n) is 8.15. The van der Waals surface area contributed by atoms with Crippen LogP contribution in [0.5, 0.6) is 0 Å². The van der Waals surface area contributed by atoms with Crippen LogP contribution in [-0.4, -0.2) is 75.9 Å². The first-order valence-corrected chi connectivity index (χ1v) is 15.9. The number of hydrogen-bond donors (Lipinski definition) is 4. The van der Waals surface area contributed by atoms with Crippen LogP contribution in [0.2, 0.25) is 0 Å². The number of nitrogens with two attached hydrogens (primary N) is 2. The monoisotopic (exact) mass is 610 g/mol. The number of rotatable bonds is 6. The molecule has 0 unspecified atom stereocenters. The highest BCUT2D eigenvalue weighted by atomic mass is 16.2. The quantitative estimate of drug-likeness (QED) is 0.375. The summed E-state index contributed by atoms with van der Waals surface area (Å²) in [7, 11) is 0. The van der Waals surface area contributed by atoms with E-state index in [4.69, 9.17) is 11.5 Å². The molecule has 0 spiro atoms. The minimum atomic E-state index is -0.243. The molecule has 0 aromatic carbocycles. The largest absolute Gasteiger partial charge is 0.384 e. The first kappa shape index (κ1) is 36.5. The Balaban J connectivity index is 0.000000268. The lowest BCUT2D eigenvalue weighted by Crippen LogP contribution is -2.48. The Morgan fingerprint density at radius 2 is 1.30 bits per heavy atom. The van der Waals surface area contributed by atoms with Gasteiger partial charge in [-0.25, -0.2) is 14.8 Å². The third kappa shape index (κ3) is 12.9. The molecular weight excluding hydrogens is 556 g/mol. The molecule has 2 aromatic heterocycles. The molecule has 2 saturated heterocycles. The maximum Gasteiger partial charge on any atom is 0.320 e. The van der Waals surface area contributed by atoms with Crippen LogP contribution in [0, 0.1) is 25.7 Å². The number of nitrogens with one attached hydrogen (secondary N) is 2. The summed E-state index contributed by atoms with van der Waals surface area (Å²) in [4.78, 5) is 47.7. The van der Waals surface area contributed by atoms with E-state index in [9.17, 15) is 14.4 Å². The Bertz CT molecular complexity index is 1120. The number of likely N-dealkylation sites (tertiary alicyclic amines) is 2. The highest BCUT2D eigenvalue weighted by Crippen LogP contribution is 2.16. The van der Waals surface area contributed by atoms with Gasteiger partial charge < -0.3 is 26.6 Å². The fraction of sp³-hybridized carbons (Fsp3) is 0.606. The van der Waals surface area contributed by atoms with Gasteiger partial charge >= 0.3 is 6.03 Å². The maximum absolute atomic E-state index is 12.1. The number of anilines is 2. The predicted molar refractivity (Wildman–Crippen MR) is 177 cm³/mol. The van der Waals surface area contributed by atoms with Gasteiger partial charge in [-0.2, -0.15) is 0 Å². The van der Waals surface area contributed by atoms with Crippen LogP contribution < -0.4 is 22.1 Å². The highest BCUT2D eigenvalue weighted by Gasteiger charge is 2.26. The Morgan fingerprint density at radius 3 is 1.70 bits per heavy atom. The number of piperidine rings is 2. The van der Waals surface area contributed by atoms with Crippen molar-refractivity contribution in [3.05, 3.63) is 47.8 Å². The molecule has 6 N–H and O–H groups in total. The summed E-state index contributed by atoms with van der Waals surface area (Å²) in [6.45, 7) is 15.1. The summed E-state index contributed by atoms with van der Waals surface area (Å²) >= 11 is 0. The van der Waals surface area contributed by atoms with Crippen LogP contribution >= 0.6 is 0 Å². The third-order valence-corrected chi connectivity index (χ3v) is 8.15. The second kappa shape index (κ2) is 18.8. The number of pyridine rings is 2. The molecule has 11 heteroatoms. The molecule has 0 aliphatic carbocycles. The van der Waals surface area contributed by atoms with Gasteiger partial charge in [-0.1, -0.05) is 39.8 Å². The molecule has 4 rings (SSSR count). The van der Waals surface area contributed by atoms with Crippen LogP contribution in [0.1, 0.15) is 77.3 Å². The number of carbonyl (C=O) groups is 3. The lowest BCUT2D eigenvalue weighted by molar-refractivity contribution is -0.136. The molecule has 0 radical (unpaired) electrons. The molecule has 0 bridgehead atoms. The molecular formula is C33H54N8O3. The van der Waals surface area contributed by atoms with Crippen molar-refractivity contribution < 1.29 is 14.4 Å². The molecule has 11 nitrogen and oxygen atoms in total. The van der Waals surface area contributed by atoms with Crippen LogP contribution in [0.25, 0.3) is 0 Å². The zero-order valence-corrected chi connectivity index (χ0v) is 27.5. The van der Waals surface area contributed by atoms with Crippen molar-refractivity contribution in [1.29, 1.82) is 0 Å². The predicted octanol–water partition coefficient (Wildman–Crippen LogP) is 4.50. The van der Waals surface area contributed by atoms with E-state index in [-0.39, 0.29) is 29.8 Å². The highest BCUT2D eigenvalue weighted by molar-refractivity contribution is 5.88. The van der Waals surface area contributed by atoms with E-state index in [2.05, 4.69) is 27.5 Å². The number of urea groups is 1. The van der Waals surface area contributed by atoms with Gasteiger partial charge in [0.25, 0.3) is 0 Å². The van der Waals surface area contributed by atoms with Gasteiger partial charge in [0, 0.05) is 62.5 Å². The molecule has 2 fully saturated rings. The number of aryl methyl sites for hydroxylation is 2. The Labute approximate surface area is 263 Å². The van der Waals surface area contributed by atoms with Crippen molar-refractivity contribution in [2.45, 2.75) is 92.2 Å². The summed E-state index contributed by atoms with van der Waals surface area (Å²) in [5.41, 5.74) is 13.3. The first-order valence-electron chi connectivity index (χ1n) is 15.9. The molecule has 4 heterocycles. The molecule has 2 aliphatic rings. The van der Waals surface area contributed by atoms with Gasteiger partial charge in [0.05, 0.1) is 0 Å². The normalized spacial score (nSPS) is 16.8. The molecule has 4 amide bonds. The van der Waals surface area contributed by atoms with E-state index in [1.807, 2.05) is 56.6 Å². The van der Waals surface area contributed by atoms with Gasteiger partial charge in [-0.15, -0.1) is 0 Å². The first-order chi connectivity index (χ1) is 20.9. The topological polar surface area (TPSA) is 160 Å². The summed E-state index contributed by atoms with van der Waals surface area (Å²) in [6.07, 6.45) is 8.76. The van der Waals surface area contributed by atoms with Gasteiger partial charge in [0.15, 0.2) is 0 Å². The molecule has 44 heavy (non-hydrogen) atoms. The zero-order valence-electron chi connectivity index (χ0n) is 27.5. The number of aromatic nitrogens is 2. The minimum absolute atomic E-state index is 0.0791. The van der Waals surface area contributed by atoms with Crippen molar-refractivity contribution >= 4 is 29.5 Å². The van der Waals surface area contributed by atoms with E-state index in [0.717, 1.165) is 62.7 Å². The van der Waals surface area contributed by atoms with Crippen molar-refractivity contribution in [2.24, 2.45) is 17.6 Å². The molecule has 2 atom stereocenters. The average Bonchev–Trinajstić information content (AvgIpc) is 3.03. The number of amides is 4. The van der Waals surface area contributed by atoms with Gasteiger partial charge in [-0.05, 0) is 75.6 Å². The molecule has 244 valence electrons. The smallest absolute Gasteiger partial charge is 0.320 e. The number of carbonyl (C=O) groups excluding carboxylic acids is 3. The Morgan fingerprint density at radius 1 is 0.818 bits per heavy atom. The van der Waals surface area contributed by atoms with Gasteiger partial charge in [0.2, 0.25) is 11.8 Å². The molecule has 0 saturated carbocycles. The van der Waals surface area contributed by atoms with E-state index in [1.54, 1.807) is 24.5 Å². The summed E-state index contributed by atoms with van der Waals surface area (Å²) in [5, 5.41) is 5.69. The molecule has 2 aromatic rings. The molecule has 2 aliphatic heterocycles. The lowest BCUT2D eigenvalue weighted by Gasteiger charge is -2.33. The lowest BCUT2D eigenvalue weighted by atomic mass is 10.0. The SMILES string of the molecule is CC[C@H](C)C(=O)N1CCC(N)CC1.CC[C@H](C)C(=O)N1CCC(NC(=O)Nc2ccc(C)cn2)CC1.Cc1ccc(N)nc1. The van der Waals surface area contributed by atoms with Crippen molar-refractivity contribution in [1.82, 2.24) is 25.1 Å². The number of hydrogen-bond acceptors (Lipinski definition) is 7.